The number of thioether (sulfide) groups is 1. The topological polar surface area (TPSA) is 98.5 Å². The molecular formula is C16H16N2O5S2. The van der Waals surface area contributed by atoms with Gasteiger partial charge in [-0.2, -0.15) is 0 Å². The second kappa shape index (κ2) is 9.19. The van der Waals surface area contributed by atoms with Crippen LogP contribution in [-0.2, 0) is 14.3 Å². The molecule has 1 heterocycles. The first kappa shape index (κ1) is 18.9. The molecule has 1 aromatic carbocycles. The van der Waals surface area contributed by atoms with Crippen LogP contribution < -0.4 is 5.32 Å². The third-order valence-corrected chi connectivity index (χ3v) is 5.16. The van der Waals surface area contributed by atoms with Crippen molar-refractivity contribution in [3.63, 3.8) is 0 Å². The summed E-state index contributed by atoms with van der Waals surface area (Å²) < 4.78 is 4.93. The van der Waals surface area contributed by atoms with Crippen LogP contribution in [0.15, 0.2) is 46.7 Å². The second-order valence-electron chi connectivity index (χ2n) is 5.00. The van der Waals surface area contributed by atoms with E-state index in [1.54, 1.807) is 12.1 Å². The number of benzene rings is 1. The maximum Gasteiger partial charge on any atom is 0.316 e. The monoisotopic (exact) mass is 380 g/mol. The molecule has 0 unspecified atom stereocenters. The number of carbonyl (C=O) groups excluding carboxylic acids is 2. The summed E-state index contributed by atoms with van der Waals surface area (Å²) in [5.41, 5.74) is -0.0107. The normalized spacial score (nSPS) is 11.6. The Hall–Kier alpha value is -2.39. The van der Waals surface area contributed by atoms with E-state index >= 15 is 0 Å². The molecule has 0 bridgehead atoms. The largest absolute Gasteiger partial charge is 0.455 e. The van der Waals surface area contributed by atoms with Crippen LogP contribution in [0.1, 0.15) is 17.8 Å². The molecule has 1 amide bonds. The number of ether oxygens (including phenoxy) is 1. The number of rotatable bonds is 8. The zero-order chi connectivity index (χ0) is 18.2. The Labute approximate surface area is 152 Å². The van der Waals surface area contributed by atoms with Gasteiger partial charge in [0.1, 0.15) is 0 Å². The number of hydrogen-bond acceptors (Lipinski definition) is 7. The summed E-state index contributed by atoms with van der Waals surface area (Å²) in [5, 5.41) is 15.2. The summed E-state index contributed by atoms with van der Waals surface area (Å²) in [6.45, 7) is 1.52. The van der Waals surface area contributed by atoms with E-state index in [-0.39, 0.29) is 30.0 Å². The number of nitro benzene ring substituents is 1. The molecule has 0 aliphatic carbocycles. The molecule has 1 atom stereocenters. The molecule has 2 rings (SSSR count). The summed E-state index contributed by atoms with van der Waals surface area (Å²) in [6.07, 6.45) is 0. The molecular weight excluding hydrogens is 364 g/mol. The number of amides is 1. The van der Waals surface area contributed by atoms with Crippen molar-refractivity contribution in [3.05, 3.63) is 56.8 Å². The predicted molar refractivity (Wildman–Crippen MR) is 95.7 cm³/mol. The predicted octanol–water partition coefficient (Wildman–Crippen LogP) is 3.17. The number of hydrogen-bond donors (Lipinski definition) is 1. The van der Waals surface area contributed by atoms with Gasteiger partial charge in [-0.15, -0.1) is 23.1 Å². The van der Waals surface area contributed by atoms with Gasteiger partial charge in [-0.1, -0.05) is 6.07 Å². The van der Waals surface area contributed by atoms with Crippen LogP contribution in [0.4, 0.5) is 5.69 Å². The first-order valence-electron chi connectivity index (χ1n) is 7.31. The number of nitro groups is 1. The average molecular weight is 380 g/mol. The van der Waals surface area contributed by atoms with E-state index < -0.39 is 10.9 Å². The molecule has 0 aliphatic heterocycles. The van der Waals surface area contributed by atoms with E-state index in [4.69, 9.17) is 4.74 Å². The molecule has 0 aliphatic rings. The Kier molecular flexibility index (Phi) is 6.96. The number of nitrogens with zero attached hydrogens (tertiary/aromatic N) is 1. The second-order valence-corrected chi connectivity index (χ2v) is 7.03. The number of carbonyl (C=O) groups is 2. The zero-order valence-electron chi connectivity index (χ0n) is 13.3. The number of thiophene rings is 1. The Bertz CT molecular complexity index is 731. The highest BCUT2D eigenvalue weighted by molar-refractivity contribution is 8.00. The van der Waals surface area contributed by atoms with Crippen LogP contribution in [0, 0.1) is 10.1 Å². The van der Waals surface area contributed by atoms with Crippen molar-refractivity contribution in [2.75, 3.05) is 12.4 Å². The van der Waals surface area contributed by atoms with Gasteiger partial charge in [-0.05, 0) is 30.5 Å². The molecule has 0 saturated heterocycles. The third-order valence-electron chi connectivity index (χ3n) is 3.12. The molecule has 132 valence electrons. The first-order valence-corrected chi connectivity index (χ1v) is 9.18. The van der Waals surface area contributed by atoms with Crippen LogP contribution in [0.5, 0.6) is 0 Å². The maximum atomic E-state index is 11.8. The molecule has 9 heteroatoms. The van der Waals surface area contributed by atoms with Crippen molar-refractivity contribution < 1.29 is 19.2 Å². The minimum absolute atomic E-state index is 0.0107. The van der Waals surface area contributed by atoms with Crippen molar-refractivity contribution in [1.82, 2.24) is 5.32 Å². The highest BCUT2D eigenvalue weighted by atomic mass is 32.2. The van der Waals surface area contributed by atoms with E-state index in [2.05, 4.69) is 5.32 Å². The van der Waals surface area contributed by atoms with Crippen LogP contribution in [-0.4, -0.2) is 29.2 Å². The maximum absolute atomic E-state index is 11.8. The van der Waals surface area contributed by atoms with Crippen molar-refractivity contribution in [3.8, 4) is 0 Å². The SMILES string of the molecule is C[C@H](NC(=O)COC(=O)CSc1ccc([N+](=O)[O-])cc1)c1cccs1. The highest BCUT2D eigenvalue weighted by Gasteiger charge is 2.13. The van der Waals surface area contributed by atoms with Crippen molar-refractivity contribution in [2.45, 2.75) is 17.9 Å². The van der Waals surface area contributed by atoms with Crippen LogP contribution >= 0.6 is 23.1 Å². The Morgan fingerprint density at radius 2 is 2.04 bits per heavy atom. The van der Waals surface area contributed by atoms with Gasteiger partial charge in [0.05, 0.1) is 16.7 Å². The quantitative estimate of drug-likeness (QED) is 0.327. The molecule has 7 nitrogen and oxygen atoms in total. The minimum Gasteiger partial charge on any atom is -0.455 e. The van der Waals surface area contributed by atoms with Gasteiger partial charge in [0, 0.05) is 21.9 Å². The molecule has 0 spiro atoms. The minimum atomic E-state index is -0.526. The summed E-state index contributed by atoms with van der Waals surface area (Å²) in [7, 11) is 0. The standard InChI is InChI=1S/C16H16N2O5S2/c1-11(14-3-2-8-24-14)17-15(19)9-23-16(20)10-25-13-6-4-12(5-7-13)18(21)22/h2-8,11H,9-10H2,1H3,(H,17,19)/t11-/m0/s1. The molecule has 0 fully saturated rings. The lowest BCUT2D eigenvalue weighted by Crippen LogP contribution is -2.31. The van der Waals surface area contributed by atoms with Gasteiger partial charge in [-0.25, -0.2) is 0 Å². The van der Waals surface area contributed by atoms with E-state index in [0.717, 1.165) is 4.88 Å². The number of esters is 1. The Balaban J connectivity index is 1.69. The van der Waals surface area contributed by atoms with E-state index in [9.17, 15) is 19.7 Å². The fraction of sp³-hybridized carbons (Fsp3) is 0.250. The average Bonchev–Trinajstić information content (AvgIpc) is 3.13. The lowest BCUT2D eigenvalue weighted by atomic mass is 10.3. The number of nitrogens with one attached hydrogen (secondary N) is 1. The molecule has 2 aromatic rings. The molecule has 1 N–H and O–H groups in total. The fourth-order valence-electron chi connectivity index (χ4n) is 1.89. The van der Waals surface area contributed by atoms with Crippen LogP contribution in [0.3, 0.4) is 0 Å². The molecule has 0 radical (unpaired) electrons. The van der Waals surface area contributed by atoms with Crippen LogP contribution in [0.25, 0.3) is 0 Å². The zero-order valence-corrected chi connectivity index (χ0v) is 15.0. The van der Waals surface area contributed by atoms with Gasteiger partial charge < -0.3 is 10.1 Å². The lowest BCUT2D eigenvalue weighted by molar-refractivity contribution is -0.384. The van der Waals surface area contributed by atoms with Gasteiger partial charge in [0.25, 0.3) is 11.6 Å². The fourth-order valence-corrected chi connectivity index (χ4v) is 3.32. The number of non-ortho nitro benzene ring substituents is 1. The van der Waals surface area contributed by atoms with Crippen molar-refractivity contribution >= 4 is 40.7 Å². The van der Waals surface area contributed by atoms with Gasteiger partial charge in [0.2, 0.25) is 0 Å². The third kappa shape index (κ3) is 6.20. The van der Waals surface area contributed by atoms with Crippen molar-refractivity contribution in [1.29, 1.82) is 0 Å². The first-order chi connectivity index (χ1) is 12.0. The van der Waals surface area contributed by atoms with Gasteiger partial charge in [0.15, 0.2) is 6.61 Å². The van der Waals surface area contributed by atoms with Gasteiger partial charge in [-0.3, -0.25) is 19.7 Å². The summed E-state index contributed by atoms with van der Waals surface area (Å²) in [4.78, 5) is 35.3. The van der Waals surface area contributed by atoms with Gasteiger partial charge >= 0.3 is 5.97 Å². The smallest absolute Gasteiger partial charge is 0.316 e. The summed E-state index contributed by atoms with van der Waals surface area (Å²) >= 11 is 2.72. The summed E-state index contributed by atoms with van der Waals surface area (Å²) in [5.74, 6) is -0.872. The lowest BCUT2D eigenvalue weighted by Gasteiger charge is -2.12. The van der Waals surface area contributed by atoms with E-state index in [0.29, 0.717) is 4.90 Å². The van der Waals surface area contributed by atoms with E-state index in [1.165, 1.54) is 35.2 Å². The summed E-state index contributed by atoms with van der Waals surface area (Å²) in [6, 6.07) is 9.54. The molecule has 1 aromatic heterocycles. The van der Waals surface area contributed by atoms with Crippen LogP contribution in [0.2, 0.25) is 0 Å². The highest BCUT2D eigenvalue weighted by Crippen LogP contribution is 2.21. The van der Waals surface area contributed by atoms with E-state index in [1.807, 2.05) is 24.4 Å². The Morgan fingerprint density at radius 1 is 1.32 bits per heavy atom. The van der Waals surface area contributed by atoms with Crippen molar-refractivity contribution in [2.24, 2.45) is 0 Å². The Morgan fingerprint density at radius 3 is 2.64 bits per heavy atom. The molecule has 0 saturated carbocycles. The molecule has 25 heavy (non-hydrogen) atoms.